The van der Waals surface area contributed by atoms with Crippen LogP contribution in [0.1, 0.15) is 116 Å². The number of carbonyl (C=O) groups excluding carboxylic acids is 2. The number of phenolic OH excluding ortho intramolecular Hbond substituents is 3. The third-order valence-electron chi connectivity index (χ3n) is 6.03. The molecule has 7 nitrogen and oxygen atoms in total. The van der Waals surface area contributed by atoms with Crippen LogP contribution in [0, 0.1) is 0 Å². The topological polar surface area (TPSA) is 119 Å². The van der Waals surface area contributed by atoms with Gasteiger partial charge in [-0.05, 0) is 6.42 Å². The molecule has 0 radical (unpaired) electrons. The summed E-state index contributed by atoms with van der Waals surface area (Å²) in [7, 11) is 0. The largest absolute Gasteiger partial charge is 0.504 e. The molecule has 0 aliphatic rings. The highest BCUT2D eigenvalue weighted by molar-refractivity contribution is 6.03. The van der Waals surface area contributed by atoms with Crippen LogP contribution in [0.2, 0.25) is 0 Å². The Labute approximate surface area is 205 Å². The van der Waals surface area contributed by atoms with Crippen molar-refractivity contribution in [3.63, 3.8) is 0 Å². The third kappa shape index (κ3) is 14.7. The van der Waals surface area contributed by atoms with E-state index < -0.39 is 23.2 Å². The number of carbonyl (C=O) groups is 2. The standard InChI is InChI=1S/C27H46N2O5/c1-2-3-4-5-6-7-8-9-10-11-12-13-14-15-16-17-18-28-25(32)21-26(33)29-22-19-23(30)27(34)24(31)20-22/h19-20,30-31,34H,2-18,21H2,1H3,(H,28,32)(H,29,33). The van der Waals surface area contributed by atoms with Crippen LogP contribution in [0.4, 0.5) is 5.69 Å². The van der Waals surface area contributed by atoms with Crippen LogP contribution in [0.3, 0.4) is 0 Å². The van der Waals surface area contributed by atoms with Crippen molar-refractivity contribution in [3.05, 3.63) is 12.1 Å². The number of aromatic hydroxyl groups is 3. The average Bonchev–Trinajstić information content (AvgIpc) is 2.79. The lowest BCUT2D eigenvalue weighted by atomic mass is 10.0. The van der Waals surface area contributed by atoms with E-state index in [0.29, 0.717) is 6.54 Å². The van der Waals surface area contributed by atoms with Crippen LogP contribution in [-0.2, 0) is 9.59 Å². The van der Waals surface area contributed by atoms with Crippen molar-refractivity contribution >= 4 is 17.5 Å². The summed E-state index contributed by atoms with van der Waals surface area (Å²) in [5.41, 5.74) is 0.100. The van der Waals surface area contributed by atoms with Crippen LogP contribution in [0.15, 0.2) is 12.1 Å². The Bertz CT molecular complexity index is 685. The summed E-state index contributed by atoms with van der Waals surface area (Å²) in [6.07, 6.45) is 20.4. The summed E-state index contributed by atoms with van der Waals surface area (Å²) in [4.78, 5) is 23.8. The van der Waals surface area contributed by atoms with E-state index >= 15 is 0 Å². The Morgan fingerprint density at radius 3 is 1.50 bits per heavy atom. The van der Waals surface area contributed by atoms with Crippen LogP contribution >= 0.6 is 0 Å². The van der Waals surface area contributed by atoms with Gasteiger partial charge in [0, 0.05) is 24.4 Å². The van der Waals surface area contributed by atoms with Crippen molar-refractivity contribution in [1.82, 2.24) is 5.32 Å². The van der Waals surface area contributed by atoms with Gasteiger partial charge in [-0.1, -0.05) is 103 Å². The van der Waals surface area contributed by atoms with Crippen molar-refractivity contribution in [2.45, 2.75) is 116 Å². The molecular weight excluding hydrogens is 432 g/mol. The van der Waals surface area contributed by atoms with Gasteiger partial charge in [0.15, 0.2) is 17.2 Å². The predicted octanol–water partition coefficient (Wildman–Crippen LogP) is 6.51. The number of unbranched alkanes of at least 4 members (excludes halogenated alkanes) is 15. The molecule has 0 unspecified atom stereocenters. The number of rotatable bonds is 20. The minimum Gasteiger partial charge on any atom is -0.504 e. The first-order valence-corrected chi connectivity index (χ1v) is 13.3. The van der Waals surface area contributed by atoms with Gasteiger partial charge in [-0.15, -0.1) is 0 Å². The van der Waals surface area contributed by atoms with Gasteiger partial charge in [-0.25, -0.2) is 0 Å². The van der Waals surface area contributed by atoms with Crippen LogP contribution in [-0.4, -0.2) is 33.7 Å². The number of hydrogen-bond donors (Lipinski definition) is 5. The number of phenols is 3. The molecule has 1 aromatic rings. The highest BCUT2D eigenvalue weighted by Crippen LogP contribution is 2.37. The first-order valence-electron chi connectivity index (χ1n) is 13.3. The van der Waals surface area contributed by atoms with E-state index in [0.717, 1.165) is 25.0 Å². The normalized spacial score (nSPS) is 10.9. The summed E-state index contributed by atoms with van der Waals surface area (Å²) >= 11 is 0. The smallest absolute Gasteiger partial charge is 0.233 e. The SMILES string of the molecule is CCCCCCCCCCCCCCCCCCNC(=O)CC(=O)Nc1cc(O)c(O)c(O)c1. The van der Waals surface area contributed by atoms with E-state index in [1.54, 1.807) is 0 Å². The van der Waals surface area contributed by atoms with Crippen LogP contribution in [0.5, 0.6) is 17.2 Å². The average molecular weight is 479 g/mol. The predicted molar refractivity (Wildman–Crippen MR) is 137 cm³/mol. The Morgan fingerprint density at radius 1 is 0.647 bits per heavy atom. The molecule has 0 saturated carbocycles. The van der Waals surface area contributed by atoms with E-state index in [4.69, 9.17) is 0 Å². The zero-order chi connectivity index (χ0) is 25.0. The van der Waals surface area contributed by atoms with Gasteiger partial charge in [0.1, 0.15) is 6.42 Å². The van der Waals surface area contributed by atoms with Gasteiger partial charge in [0.05, 0.1) is 0 Å². The fourth-order valence-corrected chi connectivity index (χ4v) is 3.99. The lowest BCUT2D eigenvalue weighted by Crippen LogP contribution is -2.28. The quantitative estimate of drug-likeness (QED) is 0.0633. The Morgan fingerprint density at radius 2 is 1.06 bits per heavy atom. The zero-order valence-corrected chi connectivity index (χ0v) is 21.0. The molecule has 0 spiro atoms. The second-order valence-electron chi connectivity index (χ2n) is 9.24. The maximum absolute atomic E-state index is 11.9. The maximum atomic E-state index is 11.9. The molecule has 1 rings (SSSR count). The minimum atomic E-state index is -0.658. The molecule has 0 fully saturated rings. The summed E-state index contributed by atoms with van der Waals surface area (Å²) < 4.78 is 0. The van der Waals surface area contributed by atoms with Crippen LogP contribution in [0.25, 0.3) is 0 Å². The fourth-order valence-electron chi connectivity index (χ4n) is 3.99. The van der Waals surface area contributed by atoms with Gasteiger partial charge in [-0.3, -0.25) is 9.59 Å². The molecule has 7 heteroatoms. The van der Waals surface area contributed by atoms with Gasteiger partial charge >= 0.3 is 0 Å². The van der Waals surface area contributed by atoms with Gasteiger partial charge in [0.25, 0.3) is 0 Å². The monoisotopic (exact) mass is 478 g/mol. The van der Waals surface area contributed by atoms with Gasteiger partial charge in [0.2, 0.25) is 11.8 Å². The molecular formula is C27H46N2O5. The molecule has 0 bridgehead atoms. The van der Waals surface area contributed by atoms with Crippen molar-refractivity contribution in [2.24, 2.45) is 0 Å². The Kier molecular flexibility index (Phi) is 16.5. The summed E-state index contributed by atoms with van der Waals surface area (Å²) in [6.45, 7) is 2.81. The molecule has 2 amide bonds. The Balaban J connectivity index is 1.91. The van der Waals surface area contributed by atoms with Crippen molar-refractivity contribution in [2.75, 3.05) is 11.9 Å². The second-order valence-corrected chi connectivity index (χ2v) is 9.24. The highest BCUT2D eigenvalue weighted by Gasteiger charge is 2.13. The molecule has 0 aliphatic carbocycles. The molecule has 0 aliphatic heterocycles. The van der Waals surface area contributed by atoms with Gasteiger partial charge < -0.3 is 26.0 Å². The Hall–Kier alpha value is -2.44. The molecule has 0 heterocycles. The number of hydrogen-bond acceptors (Lipinski definition) is 5. The second kappa shape index (κ2) is 18.9. The zero-order valence-electron chi connectivity index (χ0n) is 21.0. The molecule has 0 aromatic heterocycles. The first kappa shape index (κ1) is 29.6. The lowest BCUT2D eigenvalue weighted by molar-refractivity contribution is -0.126. The fraction of sp³-hybridized carbons (Fsp3) is 0.704. The van der Waals surface area contributed by atoms with E-state index in [9.17, 15) is 24.9 Å². The van der Waals surface area contributed by atoms with Crippen molar-refractivity contribution in [3.8, 4) is 17.2 Å². The lowest BCUT2D eigenvalue weighted by Gasteiger charge is -2.08. The maximum Gasteiger partial charge on any atom is 0.233 e. The van der Waals surface area contributed by atoms with Gasteiger partial charge in [-0.2, -0.15) is 0 Å². The molecule has 1 aromatic carbocycles. The highest BCUT2D eigenvalue weighted by atomic mass is 16.3. The van der Waals surface area contributed by atoms with E-state index in [-0.39, 0.29) is 18.0 Å². The first-order chi connectivity index (χ1) is 16.4. The van der Waals surface area contributed by atoms with Crippen LogP contribution < -0.4 is 10.6 Å². The molecule has 0 saturated heterocycles. The number of amides is 2. The molecule has 34 heavy (non-hydrogen) atoms. The number of anilines is 1. The van der Waals surface area contributed by atoms with E-state index in [1.165, 1.54) is 89.9 Å². The van der Waals surface area contributed by atoms with Crippen molar-refractivity contribution in [1.29, 1.82) is 0 Å². The molecule has 5 N–H and O–H groups in total. The molecule has 194 valence electrons. The van der Waals surface area contributed by atoms with E-state index in [1.807, 2.05) is 0 Å². The summed E-state index contributed by atoms with van der Waals surface area (Å²) in [5.74, 6) is -2.69. The molecule has 0 atom stereocenters. The van der Waals surface area contributed by atoms with E-state index in [2.05, 4.69) is 17.6 Å². The number of nitrogens with one attached hydrogen (secondary N) is 2. The van der Waals surface area contributed by atoms with Crippen molar-refractivity contribution < 1.29 is 24.9 Å². The minimum absolute atomic E-state index is 0.100. The summed E-state index contributed by atoms with van der Waals surface area (Å²) in [5, 5.41) is 33.4. The number of benzene rings is 1. The third-order valence-corrected chi connectivity index (χ3v) is 6.03. The summed E-state index contributed by atoms with van der Waals surface area (Å²) in [6, 6.07) is 2.20.